The number of ether oxygens (including phenoxy) is 1. The number of likely N-dealkylation sites (tertiary alicyclic amines) is 1. The zero-order valence-corrected chi connectivity index (χ0v) is 29.7. The summed E-state index contributed by atoms with van der Waals surface area (Å²) in [6.45, 7) is 7.43. The van der Waals surface area contributed by atoms with Crippen molar-refractivity contribution in [3.63, 3.8) is 0 Å². The maximum absolute atomic E-state index is 14.4. The fourth-order valence-corrected chi connectivity index (χ4v) is 9.06. The Morgan fingerprint density at radius 1 is 1.02 bits per heavy atom. The van der Waals surface area contributed by atoms with E-state index in [1.807, 2.05) is 6.08 Å². The average Bonchev–Trinajstić information content (AvgIpc) is 4.02. The fourth-order valence-electron chi connectivity index (χ4n) is 7.21. The predicted molar refractivity (Wildman–Crippen MR) is 189 cm³/mol. The van der Waals surface area contributed by atoms with Crippen molar-refractivity contribution in [3.8, 4) is 0 Å². The number of hydrogen-bond acceptors (Lipinski definition) is 8. The number of hydrogen-bond donors (Lipinski definition) is 2. The third kappa shape index (κ3) is 7.76. The molecule has 0 aromatic heterocycles. The highest BCUT2D eigenvalue weighted by atomic mass is 32.2. The first-order chi connectivity index (χ1) is 24.9. The number of fused-ring (bicyclic) bond motifs is 1. The van der Waals surface area contributed by atoms with Crippen LogP contribution < -0.4 is 10.6 Å². The molecule has 2 saturated carbocycles. The van der Waals surface area contributed by atoms with E-state index in [2.05, 4.69) is 23.8 Å². The van der Waals surface area contributed by atoms with Gasteiger partial charge >= 0.3 is 6.09 Å². The summed E-state index contributed by atoms with van der Waals surface area (Å²) in [6.07, 6.45) is 5.72. The molecule has 4 aliphatic rings. The number of nitrogens with one attached hydrogen (secondary N) is 2. The molecule has 278 valence electrons. The van der Waals surface area contributed by atoms with Gasteiger partial charge in [-0.25, -0.2) is 22.0 Å². The van der Waals surface area contributed by atoms with Crippen molar-refractivity contribution >= 4 is 38.5 Å². The van der Waals surface area contributed by atoms with E-state index in [1.165, 1.54) is 46.2 Å². The number of carbonyl (C=O) groups excluding carboxylic acids is 4. The molecule has 2 N–H and O–H groups in total. The molecule has 3 amide bonds. The molecule has 2 heterocycles. The number of benzene rings is 2. The number of sulfone groups is 1. The van der Waals surface area contributed by atoms with Crippen molar-refractivity contribution in [1.29, 1.82) is 0 Å². The Labute approximate surface area is 302 Å². The molecule has 0 bridgehead atoms. The Hall–Kier alpha value is -4.59. The summed E-state index contributed by atoms with van der Waals surface area (Å²) in [4.78, 5) is 58.1. The number of carbonyl (C=O) groups is 4. The van der Waals surface area contributed by atoms with Gasteiger partial charge in [0.1, 0.15) is 35.4 Å². The van der Waals surface area contributed by atoms with Crippen LogP contribution in [0.2, 0.25) is 0 Å². The minimum atomic E-state index is -4.16. The molecule has 3 fully saturated rings. The van der Waals surface area contributed by atoms with Gasteiger partial charge in [-0.2, -0.15) is 0 Å². The molecule has 1 saturated heterocycles. The number of nitrogens with zero attached hydrogens (tertiary/aromatic N) is 2. The summed E-state index contributed by atoms with van der Waals surface area (Å²) < 4.78 is 60.1. The Morgan fingerprint density at radius 2 is 1.77 bits per heavy atom. The van der Waals surface area contributed by atoms with Crippen LogP contribution >= 0.6 is 0 Å². The molecule has 52 heavy (non-hydrogen) atoms. The monoisotopic (exact) mass is 738 g/mol. The minimum Gasteiger partial charge on any atom is -0.444 e. The van der Waals surface area contributed by atoms with Crippen molar-refractivity contribution in [3.05, 3.63) is 90.5 Å². The van der Waals surface area contributed by atoms with Crippen molar-refractivity contribution in [1.82, 2.24) is 15.1 Å². The maximum Gasteiger partial charge on any atom is 0.410 e. The highest BCUT2D eigenvalue weighted by Crippen LogP contribution is 2.48. The Bertz CT molecular complexity index is 1850. The first-order valence-corrected chi connectivity index (χ1v) is 19.3. The van der Waals surface area contributed by atoms with Crippen molar-refractivity contribution in [2.24, 2.45) is 5.92 Å². The van der Waals surface area contributed by atoms with Crippen LogP contribution in [0.4, 0.5) is 19.3 Å². The van der Waals surface area contributed by atoms with Crippen molar-refractivity contribution < 1.29 is 41.1 Å². The summed E-state index contributed by atoms with van der Waals surface area (Å²) in [6, 6.07) is 8.04. The predicted octanol–water partition coefficient (Wildman–Crippen LogP) is 5.17. The summed E-state index contributed by atoms with van der Waals surface area (Å²) >= 11 is 0. The van der Waals surface area contributed by atoms with Gasteiger partial charge in [-0.1, -0.05) is 37.1 Å². The molecule has 5 atom stereocenters. The first-order valence-electron chi connectivity index (χ1n) is 17.8. The average molecular weight is 739 g/mol. The Balaban J connectivity index is 1.24. The zero-order valence-electron chi connectivity index (χ0n) is 28.9. The molecule has 11 nitrogen and oxygen atoms in total. The van der Waals surface area contributed by atoms with E-state index in [0.29, 0.717) is 42.5 Å². The maximum atomic E-state index is 14.4. The second-order valence-corrected chi connectivity index (χ2v) is 16.3. The highest BCUT2D eigenvalue weighted by Gasteiger charge is 2.65. The molecule has 2 aromatic rings. The van der Waals surface area contributed by atoms with E-state index in [0.717, 1.165) is 19.3 Å². The van der Waals surface area contributed by atoms with Gasteiger partial charge in [-0.05, 0) is 74.4 Å². The molecule has 2 aliphatic carbocycles. The number of allylic oxidation sites excluding steroid dienone is 1. The summed E-state index contributed by atoms with van der Waals surface area (Å²) in [7, 11) is -4.16. The molecule has 14 heteroatoms. The molecular formula is C38H44F2N4O7S. The number of anilines is 1. The number of unbranched alkanes of at least 4 members (excludes halogenated alkanes) is 3. The Kier molecular flexibility index (Phi) is 10.8. The van der Waals surface area contributed by atoms with Gasteiger partial charge in [0.2, 0.25) is 21.7 Å². The molecular weight excluding hydrogens is 695 g/mol. The minimum absolute atomic E-state index is 0.00131. The summed E-state index contributed by atoms with van der Waals surface area (Å²) in [5.41, 5.74) is -0.180. The molecule has 2 aliphatic heterocycles. The smallest absolute Gasteiger partial charge is 0.410 e. The van der Waals surface area contributed by atoms with Gasteiger partial charge in [-0.15, -0.1) is 13.2 Å². The quantitative estimate of drug-likeness (QED) is 0.189. The summed E-state index contributed by atoms with van der Waals surface area (Å²) in [5.74, 6) is -2.73. The van der Waals surface area contributed by atoms with Gasteiger partial charge in [0.05, 0.1) is 18.3 Å². The number of halogens is 2. The molecule has 0 radical (unpaired) electrons. The second-order valence-electron chi connectivity index (χ2n) is 14.2. The largest absolute Gasteiger partial charge is 0.444 e. The van der Waals surface area contributed by atoms with Crippen LogP contribution in [0.25, 0.3) is 0 Å². The summed E-state index contributed by atoms with van der Waals surface area (Å²) in [5, 5.41) is 4.04. The van der Waals surface area contributed by atoms with E-state index in [1.54, 1.807) is 12.1 Å². The molecule has 0 spiro atoms. The lowest BCUT2D eigenvalue weighted by atomic mass is 10.0. The third-order valence-corrected chi connectivity index (χ3v) is 12.6. The van der Waals surface area contributed by atoms with Gasteiger partial charge in [0.25, 0.3) is 5.12 Å². The van der Waals surface area contributed by atoms with Crippen molar-refractivity contribution in [2.45, 2.75) is 99.9 Å². The molecule has 6 rings (SSSR count). The lowest BCUT2D eigenvalue weighted by Gasteiger charge is -2.30. The van der Waals surface area contributed by atoms with Gasteiger partial charge < -0.3 is 20.3 Å². The van der Waals surface area contributed by atoms with E-state index in [4.69, 9.17) is 4.74 Å². The third-order valence-electron chi connectivity index (χ3n) is 10.4. The standard InChI is InChI=1S/C38H44F2N4O7S/c1-3-5-6-7-8-12-32(41-27-15-13-26(39)14-16-27)35(46)44-22-28(51-37(48)43-21-24-10-9-11-31(40)30(24)23-43)19-33(44)34(45)42-38(20-25(38)4-2)36(47)52(49,50)29-17-18-29/h3-4,9-11,13-16,25,28-29,32-33,41H,1-2,5-8,12,17-23H2,(H,42,45)/t25-,28-,32+,33+,38-/m1/s1. The topological polar surface area (TPSA) is 142 Å². The number of rotatable bonds is 15. The van der Waals surface area contributed by atoms with E-state index in [-0.39, 0.29) is 32.5 Å². The van der Waals surface area contributed by atoms with E-state index >= 15 is 0 Å². The second kappa shape index (κ2) is 15.2. The van der Waals surface area contributed by atoms with Crippen LogP contribution in [0.5, 0.6) is 0 Å². The molecule has 0 unspecified atom stereocenters. The van der Waals surface area contributed by atoms with Crippen LogP contribution in [0, 0.1) is 17.6 Å². The fraction of sp³-hybridized carbons (Fsp3) is 0.474. The van der Waals surface area contributed by atoms with Gasteiger partial charge in [0.15, 0.2) is 0 Å². The molecule has 2 aromatic carbocycles. The lowest BCUT2D eigenvalue weighted by molar-refractivity contribution is -0.140. The van der Waals surface area contributed by atoms with E-state index < -0.39 is 79.4 Å². The van der Waals surface area contributed by atoms with Crippen molar-refractivity contribution in [2.75, 3.05) is 11.9 Å². The lowest BCUT2D eigenvalue weighted by Crippen LogP contribution is -2.56. The zero-order chi connectivity index (χ0) is 37.2. The van der Waals surface area contributed by atoms with Crippen LogP contribution in [-0.2, 0) is 42.0 Å². The first kappa shape index (κ1) is 37.2. The highest BCUT2D eigenvalue weighted by molar-refractivity contribution is 8.07. The van der Waals surface area contributed by atoms with Gasteiger partial charge in [0, 0.05) is 30.1 Å². The number of amides is 3. The van der Waals surface area contributed by atoms with Crippen LogP contribution in [0.15, 0.2) is 67.8 Å². The van der Waals surface area contributed by atoms with E-state index in [9.17, 15) is 36.4 Å². The SMILES string of the molecule is C=CCCCCC[C@H](Nc1ccc(F)cc1)C(=O)N1C[C@H](OC(=O)N2Cc3cccc(F)c3C2)C[C@H]1C(=O)N[C@]1(C(=O)S(=O)(=O)C2CC2)C[C@H]1C=C. The van der Waals surface area contributed by atoms with Crippen LogP contribution in [-0.4, -0.2) is 76.8 Å². The van der Waals surface area contributed by atoms with Crippen LogP contribution in [0.1, 0.15) is 68.9 Å². The van der Waals surface area contributed by atoms with Crippen LogP contribution in [0.3, 0.4) is 0 Å². The normalized spacial score (nSPS) is 24.1. The Morgan fingerprint density at radius 3 is 2.42 bits per heavy atom. The van der Waals surface area contributed by atoms with Gasteiger partial charge in [-0.3, -0.25) is 19.3 Å².